The highest BCUT2D eigenvalue weighted by molar-refractivity contribution is 5.95. The first-order chi connectivity index (χ1) is 11.1. The molecule has 0 aliphatic carbocycles. The summed E-state index contributed by atoms with van der Waals surface area (Å²) in [5, 5.41) is 0. The number of ether oxygens (including phenoxy) is 2. The fourth-order valence-corrected chi connectivity index (χ4v) is 3.03. The van der Waals surface area contributed by atoms with Gasteiger partial charge in [0.05, 0.1) is 13.7 Å². The van der Waals surface area contributed by atoms with Gasteiger partial charge in [-0.05, 0) is 49.8 Å². The first-order valence-corrected chi connectivity index (χ1v) is 8.68. The molecular weight excluding hydrogens is 290 g/mol. The van der Waals surface area contributed by atoms with E-state index in [9.17, 15) is 4.79 Å². The number of benzene rings is 1. The Kier molecular flexibility index (Phi) is 6.31. The summed E-state index contributed by atoms with van der Waals surface area (Å²) in [5.41, 5.74) is 0.680. The molecule has 1 aliphatic heterocycles. The molecule has 0 radical (unpaired) electrons. The van der Waals surface area contributed by atoms with E-state index in [1.165, 1.54) is 6.42 Å². The van der Waals surface area contributed by atoms with Crippen molar-refractivity contribution in [1.29, 1.82) is 0 Å². The third kappa shape index (κ3) is 4.40. The number of piperidine rings is 1. The Morgan fingerprint density at radius 3 is 2.74 bits per heavy atom. The Morgan fingerprint density at radius 1 is 1.30 bits per heavy atom. The summed E-state index contributed by atoms with van der Waals surface area (Å²) in [7, 11) is 1.61. The fourth-order valence-electron chi connectivity index (χ4n) is 3.03. The first-order valence-electron chi connectivity index (χ1n) is 8.68. The predicted octanol–water partition coefficient (Wildman–Crippen LogP) is 4.13. The van der Waals surface area contributed by atoms with E-state index in [-0.39, 0.29) is 5.91 Å². The number of nitrogens with zero attached hydrogens (tertiary/aromatic N) is 1. The van der Waals surface area contributed by atoms with E-state index in [0.717, 1.165) is 25.8 Å². The van der Waals surface area contributed by atoms with Crippen molar-refractivity contribution in [3.05, 3.63) is 23.8 Å². The van der Waals surface area contributed by atoms with Crippen molar-refractivity contribution in [1.82, 2.24) is 4.90 Å². The van der Waals surface area contributed by atoms with Crippen LogP contribution in [0.15, 0.2) is 18.2 Å². The minimum absolute atomic E-state index is 0.102. The maximum atomic E-state index is 12.8. The number of amides is 1. The van der Waals surface area contributed by atoms with E-state index in [0.29, 0.717) is 35.6 Å². The predicted molar refractivity (Wildman–Crippen MR) is 92.3 cm³/mol. The van der Waals surface area contributed by atoms with Crippen LogP contribution in [0.2, 0.25) is 0 Å². The Balaban J connectivity index is 2.17. The molecule has 128 valence electrons. The molecule has 1 fully saturated rings. The minimum atomic E-state index is 0.102. The van der Waals surface area contributed by atoms with Gasteiger partial charge in [-0.1, -0.05) is 20.8 Å². The number of hydrogen-bond donors (Lipinski definition) is 0. The second-order valence-electron chi connectivity index (χ2n) is 6.63. The Hall–Kier alpha value is -1.71. The van der Waals surface area contributed by atoms with Gasteiger partial charge in [0.25, 0.3) is 5.91 Å². The molecule has 1 aromatic rings. The van der Waals surface area contributed by atoms with E-state index >= 15 is 0 Å². The summed E-state index contributed by atoms with van der Waals surface area (Å²) >= 11 is 0. The lowest BCUT2D eigenvalue weighted by atomic mass is 9.99. The summed E-state index contributed by atoms with van der Waals surface area (Å²) in [6.07, 6.45) is 4.43. The molecular formula is C19H29NO3. The highest BCUT2D eigenvalue weighted by Gasteiger charge is 2.26. The molecule has 1 atom stereocenters. The van der Waals surface area contributed by atoms with Crippen LogP contribution in [0.25, 0.3) is 0 Å². The molecule has 0 saturated carbocycles. The van der Waals surface area contributed by atoms with Gasteiger partial charge in [-0.25, -0.2) is 0 Å². The minimum Gasteiger partial charge on any atom is -0.493 e. The van der Waals surface area contributed by atoms with E-state index in [1.54, 1.807) is 13.2 Å². The van der Waals surface area contributed by atoms with Crippen LogP contribution in [0.3, 0.4) is 0 Å². The fraction of sp³-hybridized carbons (Fsp3) is 0.632. The second kappa shape index (κ2) is 8.23. The van der Waals surface area contributed by atoms with Gasteiger partial charge in [-0.2, -0.15) is 0 Å². The smallest absolute Gasteiger partial charge is 0.254 e. The molecule has 4 nitrogen and oxygen atoms in total. The second-order valence-corrected chi connectivity index (χ2v) is 6.63. The third-order valence-corrected chi connectivity index (χ3v) is 4.34. The van der Waals surface area contributed by atoms with Gasteiger partial charge in [0, 0.05) is 18.2 Å². The maximum absolute atomic E-state index is 12.8. The molecule has 4 heteroatoms. The standard InChI is InChI=1S/C19H29NO3/c1-5-16-8-6-7-11-20(16)19(21)15-9-10-17(18(12-15)22-4)23-13-14(2)3/h9-10,12,14,16H,5-8,11,13H2,1-4H3. The van der Waals surface area contributed by atoms with Crippen molar-refractivity contribution >= 4 is 5.91 Å². The zero-order valence-corrected chi connectivity index (χ0v) is 14.8. The summed E-state index contributed by atoms with van der Waals surface area (Å²) in [4.78, 5) is 14.9. The van der Waals surface area contributed by atoms with Crippen molar-refractivity contribution < 1.29 is 14.3 Å². The van der Waals surface area contributed by atoms with E-state index in [1.807, 2.05) is 17.0 Å². The van der Waals surface area contributed by atoms with Crippen LogP contribution in [0, 0.1) is 5.92 Å². The lowest BCUT2D eigenvalue weighted by Crippen LogP contribution is -2.43. The average molecular weight is 319 g/mol. The van der Waals surface area contributed by atoms with Crippen LogP contribution >= 0.6 is 0 Å². The summed E-state index contributed by atoms with van der Waals surface area (Å²) in [5.74, 6) is 1.87. The number of methoxy groups -OCH3 is 1. The van der Waals surface area contributed by atoms with Crippen molar-refractivity contribution in [2.24, 2.45) is 5.92 Å². The number of carbonyl (C=O) groups excluding carboxylic acids is 1. The summed E-state index contributed by atoms with van der Waals surface area (Å²) < 4.78 is 11.2. The van der Waals surface area contributed by atoms with Gasteiger partial charge in [-0.15, -0.1) is 0 Å². The van der Waals surface area contributed by atoms with Gasteiger partial charge in [0.2, 0.25) is 0 Å². The topological polar surface area (TPSA) is 38.8 Å². The molecule has 1 saturated heterocycles. The largest absolute Gasteiger partial charge is 0.493 e. The number of hydrogen-bond acceptors (Lipinski definition) is 3. The van der Waals surface area contributed by atoms with Crippen LogP contribution in [0.4, 0.5) is 0 Å². The quantitative estimate of drug-likeness (QED) is 0.791. The summed E-state index contributed by atoms with van der Waals surface area (Å²) in [6.45, 7) is 7.84. The molecule has 23 heavy (non-hydrogen) atoms. The van der Waals surface area contributed by atoms with E-state index in [4.69, 9.17) is 9.47 Å². The molecule has 2 rings (SSSR count). The van der Waals surface area contributed by atoms with Gasteiger partial charge < -0.3 is 14.4 Å². The van der Waals surface area contributed by atoms with Gasteiger partial charge >= 0.3 is 0 Å². The SMILES string of the molecule is CCC1CCCCN1C(=O)c1ccc(OCC(C)C)c(OC)c1. The van der Waals surface area contributed by atoms with Gasteiger partial charge in [-0.3, -0.25) is 4.79 Å². The third-order valence-electron chi connectivity index (χ3n) is 4.34. The van der Waals surface area contributed by atoms with Crippen LogP contribution in [0.5, 0.6) is 11.5 Å². The van der Waals surface area contributed by atoms with Crippen molar-refractivity contribution in [2.45, 2.75) is 52.5 Å². The summed E-state index contributed by atoms with van der Waals surface area (Å²) in [6, 6.07) is 5.86. The van der Waals surface area contributed by atoms with Gasteiger partial charge in [0.1, 0.15) is 0 Å². The molecule has 1 aromatic carbocycles. The van der Waals surface area contributed by atoms with Crippen LogP contribution in [0.1, 0.15) is 56.8 Å². The van der Waals surface area contributed by atoms with Gasteiger partial charge in [0.15, 0.2) is 11.5 Å². The molecule has 1 unspecified atom stereocenters. The van der Waals surface area contributed by atoms with Crippen LogP contribution < -0.4 is 9.47 Å². The van der Waals surface area contributed by atoms with Crippen molar-refractivity contribution in [3.63, 3.8) is 0 Å². The van der Waals surface area contributed by atoms with E-state index < -0.39 is 0 Å². The number of rotatable bonds is 6. The zero-order valence-electron chi connectivity index (χ0n) is 14.8. The van der Waals surface area contributed by atoms with Crippen LogP contribution in [-0.2, 0) is 0 Å². The molecule has 0 N–H and O–H groups in total. The van der Waals surface area contributed by atoms with Crippen molar-refractivity contribution in [3.8, 4) is 11.5 Å². The van der Waals surface area contributed by atoms with Crippen molar-refractivity contribution in [2.75, 3.05) is 20.3 Å². The highest BCUT2D eigenvalue weighted by Crippen LogP contribution is 2.30. The lowest BCUT2D eigenvalue weighted by Gasteiger charge is -2.35. The Morgan fingerprint density at radius 2 is 2.09 bits per heavy atom. The zero-order chi connectivity index (χ0) is 16.8. The Bertz CT molecular complexity index is 527. The normalized spacial score (nSPS) is 18.1. The van der Waals surface area contributed by atoms with Crippen LogP contribution in [-0.4, -0.2) is 37.1 Å². The monoisotopic (exact) mass is 319 g/mol. The number of likely N-dealkylation sites (tertiary alicyclic amines) is 1. The molecule has 1 amide bonds. The highest BCUT2D eigenvalue weighted by atomic mass is 16.5. The molecule has 1 aliphatic rings. The molecule has 0 spiro atoms. The average Bonchev–Trinajstić information content (AvgIpc) is 2.59. The first kappa shape index (κ1) is 17.6. The van der Waals surface area contributed by atoms with E-state index in [2.05, 4.69) is 20.8 Å². The maximum Gasteiger partial charge on any atom is 0.254 e. The molecule has 0 bridgehead atoms. The number of carbonyl (C=O) groups is 1. The molecule has 1 heterocycles. The lowest BCUT2D eigenvalue weighted by molar-refractivity contribution is 0.0607. The Labute approximate surface area is 139 Å². The molecule has 0 aromatic heterocycles.